The van der Waals surface area contributed by atoms with Gasteiger partial charge in [0.05, 0.1) is 10.8 Å². The molecule has 0 amide bonds. The van der Waals surface area contributed by atoms with Crippen molar-refractivity contribution in [2.45, 2.75) is 50.0 Å². The fourth-order valence-corrected chi connectivity index (χ4v) is 4.36. The van der Waals surface area contributed by atoms with Crippen LogP contribution in [-0.4, -0.2) is 22.5 Å². The molecule has 0 saturated heterocycles. The highest BCUT2D eigenvalue weighted by atomic mass is 32.2. The summed E-state index contributed by atoms with van der Waals surface area (Å²) in [6.45, 7) is 3.11. The van der Waals surface area contributed by atoms with Gasteiger partial charge in [0.15, 0.2) is 0 Å². The smallest absolute Gasteiger partial charge is 0.0545 e. The SMILES string of the molecule is CCNC(CS(=O)c1ccccc1)C1CCCCC1. The van der Waals surface area contributed by atoms with Gasteiger partial charge in [-0.05, 0) is 37.4 Å². The molecular formula is C16H25NOS. The van der Waals surface area contributed by atoms with Crippen LogP contribution in [0, 0.1) is 5.92 Å². The number of hydrogen-bond acceptors (Lipinski definition) is 2. The number of hydrogen-bond donors (Lipinski definition) is 1. The van der Waals surface area contributed by atoms with E-state index in [4.69, 9.17) is 0 Å². The Morgan fingerprint density at radius 2 is 1.89 bits per heavy atom. The van der Waals surface area contributed by atoms with Crippen LogP contribution in [0.3, 0.4) is 0 Å². The van der Waals surface area contributed by atoms with Gasteiger partial charge in [-0.25, -0.2) is 0 Å². The van der Waals surface area contributed by atoms with E-state index in [2.05, 4.69) is 12.2 Å². The molecule has 1 aromatic carbocycles. The van der Waals surface area contributed by atoms with E-state index in [-0.39, 0.29) is 0 Å². The Bertz CT molecular complexity index is 387. The molecule has 1 fully saturated rings. The minimum Gasteiger partial charge on any atom is -0.313 e. The summed E-state index contributed by atoms with van der Waals surface area (Å²) in [7, 11) is -0.879. The summed E-state index contributed by atoms with van der Waals surface area (Å²) in [5, 5.41) is 3.56. The van der Waals surface area contributed by atoms with Crippen molar-refractivity contribution in [3.8, 4) is 0 Å². The van der Waals surface area contributed by atoms with E-state index in [0.717, 1.165) is 17.2 Å². The Labute approximate surface area is 119 Å². The zero-order valence-corrected chi connectivity index (χ0v) is 12.6. The third kappa shape index (κ3) is 4.43. The van der Waals surface area contributed by atoms with Crippen molar-refractivity contribution >= 4 is 10.8 Å². The second-order valence-corrected chi connectivity index (χ2v) is 6.88. The topological polar surface area (TPSA) is 29.1 Å². The molecule has 0 radical (unpaired) electrons. The minimum atomic E-state index is -0.879. The average molecular weight is 279 g/mol. The molecule has 3 heteroatoms. The first-order chi connectivity index (χ1) is 9.31. The van der Waals surface area contributed by atoms with Crippen molar-refractivity contribution in [1.29, 1.82) is 0 Å². The van der Waals surface area contributed by atoms with Crippen molar-refractivity contribution in [1.82, 2.24) is 5.32 Å². The van der Waals surface area contributed by atoms with Gasteiger partial charge < -0.3 is 5.32 Å². The fraction of sp³-hybridized carbons (Fsp3) is 0.625. The van der Waals surface area contributed by atoms with E-state index >= 15 is 0 Å². The van der Waals surface area contributed by atoms with E-state index in [0.29, 0.717) is 12.0 Å². The normalized spacial score (nSPS) is 20.1. The molecule has 2 nitrogen and oxygen atoms in total. The monoisotopic (exact) mass is 279 g/mol. The second-order valence-electron chi connectivity index (χ2n) is 5.39. The Balaban J connectivity index is 1.97. The van der Waals surface area contributed by atoms with E-state index in [1.807, 2.05) is 30.3 Å². The van der Waals surface area contributed by atoms with Crippen LogP contribution >= 0.6 is 0 Å². The first kappa shape index (κ1) is 14.7. The van der Waals surface area contributed by atoms with Crippen LogP contribution in [0.25, 0.3) is 0 Å². The van der Waals surface area contributed by atoms with Gasteiger partial charge in [0.25, 0.3) is 0 Å². The van der Waals surface area contributed by atoms with Gasteiger partial charge >= 0.3 is 0 Å². The van der Waals surface area contributed by atoms with Crippen LogP contribution < -0.4 is 5.32 Å². The summed E-state index contributed by atoms with van der Waals surface area (Å²) < 4.78 is 12.4. The maximum Gasteiger partial charge on any atom is 0.0545 e. The molecule has 1 N–H and O–H groups in total. The summed E-state index contributed by atoms with van der Waals surface area (Å²) in [4.78, 5) is 0.959. The lowest BCUT2D eigenvalue weighted by molar-refractivity contribution is 0.287. The van der Waals surface area contributed by atoms with E-state index in [1.165, 1.54) is 32.1 Å². The molecule has 0 bridgehead atoms. The highest BCUT2D eigenvalue weighted by Crippen LogP contribution is 2.27. The summed E-state index contributed by atoms with van der Waals surface area (Å²) in [6.07, 6.45) is 6.64. The van der Waals surface area contributed by atoms with Gasteiger partial charge in [0.1, 0.15) is 0 Å². The Morgan fingerprint density at radius 1 is 1.21 bits per heavy atom. The second kappa shape index (κ2) is 7.81. The predicted molar refractivity (Wildman–Crippen MR) is 81.8 cm³/mol. The molecular weight excluding hydrogens is 254 g/mol. The molecule has 0 spiro atoms. The maximum atomic E-state index is 12.4. The molecule has 1 aromatic rings. The molecule has 0 aliphatic heterocycles. The fourth-order valence-electron chi connectivity index (χ4n) is 2.99. The zero-order valence-electron chi connectivity index (χ0n) is 11.8. The van der Waals surface area contributed by atoms with Crippen molar-refractivity contribution in [2.24, 2.45) is 5.92 Å². The first-order valence-corrected chi connectivity index (χ1v) is 8.80. The van der Waals surface area contributed by atoms with Gasteiger partial charge in [-0.1, -0.05) is 44.4 Å². The van der Waals surface area contributed by atoms with Crippen LogP contribution in [0.2, 0.25) is 0 Å². The molecule has 0 heterocycles. The van der Waals surface area contributed by atoms with Crippen LogP contribution in [0.4, 0.5) is 0 Å². The standard InChI is InChI=1S/C16H25NOS/c1-2-17-16(14-9-5-3-6-10-14)13-19(18)15-11-7-4-8-12-15/h4,7-8,11-12,14,16-17H,2-3,5-6,9-10,13H2,1H3. The molecule has 1 aliphatic rings. The van der Waals surface area contributed by atoms with Crippen LogP contribution in [0.5, 0.6) is 0 Å². The van der Waals surface area contributed by atoms with Gasteiger partial charge in [0, 0.05) is 16.7 Å². The van der Waals surface area contributed by atoms with E-state index < -0.39 is 10.8 Å². The Morgan fingerprint density at radius 3 is 2.53 bits per heavy atom. The van der Waals surface area contributed by atoms with Crippen molar-refractivity contribution in [3.05, 3.63) is 30.3 Å². The molecule has 1 saturated carbocycles. The van der Waals surface area contributed by atoms with Crippen LogP contribution in [-0.2, 0) is 10.8 Å². The quantitative estimate of drug-likeness (QED) is 0.865. The van der Waals surface area contributed by atoms with Crippen molar-refractivity contribution in [2.75, 3.05) is 12.3 Å². The summed E-state index contributed by atoms with van der Waals surface area (Å²) in [6, 6.07) is 10.3. The summed E-state index contributed by atoms with van der Waals surface area (Å²) >= 11 is 0. The summed E-state index contributed by atoms with van der Waals surface area (Å²) in [5.41, 5.74) is 0. The van der Waals surface area contributed by atoms with Gasteiger partial charge in [-0.15, -0.1) is 0 Å². The van der Waals surface area contributed by atoms with Gasteiger partial charge in [-0.2, -0.15) is 0 Å². The number of nitrogens with one attached hydrogen (secondary N) is 1. The average Bonchev–Trinajstić information content (AvgIpc) is 2.48. The van der Waals surface area contributed by atoms with Gasteiger partial charge in [-0.3, -0.25) is 4.21 Å². The highest BCUT2D eigenvalue weighted by molar-refractivity contribution is 7.85. The molecule has 2 atom stereocenters. The van der Waals surface area contributed by atoms with Gasteiger partial charge in [0.2, 0.25) is 0 Å². The molecule has 106 valence electrons. The third-order valence-electron chi connectivity index (χ3n) is 4.02. The van der Waals surface area contributed by atoms with Crippen molar-refractivity contribution in [3.63, 3.8) is 0 Å². The molecule has 0 aromatic heterocycles. The lowest BCUT2D eigenvalue weighted by atomic mass is 9.84. The first-order valence-electron chi connectivity index (χ1n) is 7.48. The molecule has 19 heavy (non-hydrogen) atoms. The minimum absolute atomic E-state index is 0.409. The zero-order chi connectivity index (χ0) is 13.5. The molecule has 1 aliphatic carbocycles. The van der Waals surface area contributed by atoms with E-state index in [1.54, 1.807) is 0 Å². The Kier molecular flexibility index (Phi) is 6.05. The van der Waals surface area contributed by atoms with E-state index in [9.17, 15) is 4.21 Å². The predicted octanol–water partition coefficient (Wildman–Crippen LogP) is 3.35. The maximum absolute atomic E-state index is 12.4. The Hall–Kier alpha value is -0.670. The van der Waals surface area contributed by atoms with Crippen LogP contribution in [0.1, 0.15) is 39.0 Å². The lowest BCUT2D eigenvalue weighted by Crippen LogP contribution is -2.41. The largest absolute Gasteiger partial charge is 0.313 e. The summed E-state index contributed by atoms with van der Waals surface area (Å²) in [5.74, 6) is 1.46. The highest BCUT2D eigenvalue weighted by Gasteiger charge is 2.24. The lowest BCUT2D eigenvalue weighted by Gasteiger charge is -2.30. The number of benzene rings is 1. The van der Waals surface area contributed by atoms with Crippen molar-refractivity contribution < 1.29 is 4.21 Å². The third-order valence-corrected chi connectivity index (χ3v) is 5.48. The molecule has 2 unspecified atom stereocenters. The molecule has 2 rings (SSSR count). The van der Waals surface area contributed by atoms with Crippen LogP contribution in [0.15, 0.2) is 35.2 Å². The number of rotatable bonds is 6.